The van der Waals surface area contributed by atoms with Crippen molar-refractivity contribution < 1.29 is 9.47 Å². The highest BCUT2D eigenvalue weighted by Gasteiger charge is 2.45. The maximum atomic E-state index is 4.25. The summed E-state index contributed by atoms with van der Waals surface area (Å²) in [6, 6.07) is 39.5. The van der Waals surface area contributed by atoms with Gasteiger partial charge in [0.15, 0.2) is 0 Å². The highest BCUT2D eigenvalue weighted by Crippen LogP contribution is 2.55. The van der Waals surface area contributed by atoms with E-state index in [0.29, 0.717) is 0 Å². The van der Waals surface area contributed by atoms with Crippen molar-refractivity contribution in [2.75, 3.05) is 28.4 Å². The zero-order chi connectivity index (χ0) is 26.1. The first kappa shape index (κ1) is 29.8. The monoisotopic (exact) mass is 470 g/mol. The second-order valence-electron chi connectivity index (χ2n) is 7.39. The molecule has 5 rings (SSSR count). The van der Waals surface area contributed by atoms with Gasteiger partial charge in [0.1, 0.15) is 0 Å². The number of hydrogen-bond acceptors (Lipinski definition) is 2. The van der Waals surface area contributed by atoms with Gasteiger partial charge in [-0.15, -0.1) is 0 Å². The molecule has 1 aliphatic rings. The SMILES string of the molecule is CC.CC.COC.COC.c1ccc(C2(c3ccccc3)c3ccccc3-c3ccccc32)cc1. The summed E-state index contributed by atoms with van der Waals surface area (Å²) >= 11 is 0. The first-order chi connectivity index (χ1) is 17.2. The third-order valence-corrected chi connectivity index (χ3v) is 5.37. The molecular formula is C33H42O2. The predicted octanol–water partition coefficient (Wildman–Crippen LogP) is 8.63. The van der Waals surface area contributed by atoms with Crippen molar-refractivity contribution in [3.63, 3.8) is 0 Å². The summed E-state index contributed by atoms with van der Waals surface area (Å²) in [5.74, 6) is 0. The van der Waals surface area contributed by atoms with Crippen LogP contribution in [0.4, 0.5) is 0 Å². The van der Waals surface area contributed by atoms with Crippen LogP contribution in [0.2, 0.25) is 0 Å². The van der Waals surface area contributed by atoms with Crippen molar-refractivity contribution in [2.45, 2.75) is 33.1 Å². The van der Waals surface area contributed by atoms with E-state index in [0.717, 1.165) is 0 Å². The van der Waals surface area contributed by atoms with Gasteiger partial charge >= 0.3 is 0 Å². The van der Waals surface area contributed by atoms with Crippen LogP contribution in [0.15, 0.2) is 109 Å². The summed E-state index contributed by atoms with van der Waals surface area (Å²) in [5, 5.41) is 0. The lowest BCUT2D eigenvalue weighted by molar-refractivity contribution is 0.277. The lowest BCUT2D eigenvalue weighted by Gasteiger charge is -2.33. The largest absolute Gasteiger partial charge is 0.388 e. The van der Waals surface area contributed by atoms with Crippen LogP contribution in [-0.2, 0) is 14.9 Å². The molecule has 4 aromatic carbocycles. The van der Waals surface area contributed by atoms with E-state index >= 15 is 0 Å². The fraction of sp³-hybridized carbons (Fsp3) is 0.273. The molecule has 0 bridgehead atoms. The first-order valence-electron chi connectivity index (χ1n) is 12.4. The highest BCUT2D eigenvalue weighted by atomic mass is 16.5. The van der Waals surface area contributed by atoms with Crippen LogP contribution in [0, 0.1) is 0 Å². The Kier molecular flexibility index (Phi) is 14.0. The van der Waals surface area contributed by atoms with E-state index in [1.54, 1.807) is 28.4 Å². The van der Waals surface area contributed by atoms with Crippen LogP contribution >= 0.6 is 0 Å². The van der Waals surface area contributed by atoms with Crippen molar-refractivity contribution in [2.24, 2.45) is 0 Å². The summed E-state index contributed by atoms with van der Waals surface area (Å²) in [6.07, 6.45) is 0. The maximum Gasteiger partial charge on any atom is 0.0713 e. The molecule has 0 saturated heterocycles. The van der Waals surface area contributed by atoms with E-state index < -0.39 is 0 Å². The minimum absolute atomic E-state index is 0.254. The van der Waals surface area contributed by atoms with E-state index in [2.05, 4.69) is 119 Å². The van der Waals surface area contributed by atoms with E-state index in [9.17, 15) is 0 Å². The fourth-order valence-corrected chi connectivity index (χ4v) is 4.40. The molecule has 0 radical (unpaired) electrons. The van der Waals surface area contributed by atoms with Gasteiger partial charge in [0, 0.05) is 28.4 Å². The van der Waals surface area contributed by atoms with E-state index in [4.69, 9.17) is 0 Å². The lowest BCUT2D eigenvalue weighted by atomic mass is 9.68. The Morgan fingerprint density at radius 3 is 0.971 bits per heavy atom. The molecule has 35 heavy (non-hydrogen) atoms. The molecule has 2 nitrogen and oxygen atoms in total. The van der Waals surface area contributed by atoms with Gasteiger partial charge in [-0.25, -0.2) is 0 Å². The minimum atomic E-state index is -0.254. The molecule has 0 fully saturated rings. The van der Waals surface area contributed by atoms with Gasteiger partial charge in [0.2, 0.25) is 0 Å². The summed E-state index contributed by atoms with van der Waals surface area (Å²) < 4.78 is 8.50. The highest BCUT2D eigenvalue weighted by molar-refractivity contribution is 5.86. The van der Waals surface area contributed by atoms with Crippen molar-refractivity contribution in [1.29, 1.82) is 0 Å². The normalized spacial score (nSPS) is 11.3. The summed E-state index contributed by atoms with van der Waals surface area (Å²) in [6.45, 7) is 8.00. The van der Waals surface area contributed by atoms with Crippen LogP contribution in [0.1, 0.15) is 49.9 Å². The van der Waals surface area contributed by atoms with Gasteiger partial charge in [-0.1, -0.05) is 137 Å². The van der Waals surface area contributed by atoms with Crippen LogP contribution < -0.4 is 0 Å². The topological polar surface area (TPSA) is 18.5 Å². The Morgan fingerprint density at radius 2 is 0.657 bits per heavy atom. The van der Waals surface area contributed by atoms with E-state index in [1.165, 1.54) is 33.4 Å². The standard InChI is InChI=1S/C25H18.2C2H6O.2C2H6/c1-3-11-19(12-4-1)25(20-13-5-2-6-14-20)23-17-9-7-15-21(23)22-16-8-10-18-24(22)25;2*1-3-2;2*1-2/h1-18H;2*1-2H3;2*1-2H3. The van der Waals surface area contributed by atoms with Gasteiger partial charge in [-0.05, 0) is 33.4 Å². The molecule has 0 heterocycles. The minimum Gasteiger partial charge on any atom is -0.388 e. The molecule has 0 unspecified atom stereocenters. The molecule has 0 N–H and O–H groups in total. The van der Waals surface area contributed by atoms with Gasteiger partial charge in [0.05, 0.1) is 5.41 Å². The van der Waals surface area contributed by atoms with Gasteiger partial charge in [0.25, 0.3) is 0 Å². The van der Waals surface area contributed by atoms with Crippen molar-refractivity contribution in [3.05, 3.63) is 131 Å². The summed E-state index contributed by atoms with van der Waals surface area (Å²) in [7, 11) is 6.50. The average Bonchev–Trinajstić information content (AvgIpc) is 3.24. The van der Waals surface area contributed by atoms with Crippen LogP contribution in [-0.4, -0.2) is 28.4 Å². The zero-order valence-corrected chi connectivity index (χ0v) is 22.7. The number of benzene rings is 4. The second-order valence-corrected chi connectivity index (χ2v) is 7.39. The lowest BCUT2D eigenvalue weighted by Crippen LogP contribution is -2.28. The van der Waals surface area contributed by atoms with Crippen molar-refractivity contribution in [3.8, 4) is 11.1 Å². The van der Waals surface area contributed by atoms with Gasteiger partial charge in [-0.3, -0.25) is 0 Å². The number of fused-ring (bicyclic) bond motifs is 3. The van der Waals surface area contributed by atoms with Crippen LogP contribution in [0.5, 0.6) is 0 Å². The number of methoxy groups -OCH3 is 2. The number of rotatable bonds is 2. The quantitative estimate of drug-likeness (QED) is 0.257. The number of hydrogen-bond donors (Lipinski definition) is 0. The van der Waals surface area contributed by atoms with Gasteiger partial charge < -0.3 is 9.47 Å². The molecule has 4 aromatic rings. The predicted molar refractivity (Wildman–Crippen MR) is 152 cm³/mol. The Bertz CT molecular complexity index is 983. The van der Waals surface area contributed by atoms with Crippen LogP contribution in [0.3, 0.4) is 0 Å². The van der Waals surface area contributed by atoms with E-state index in [-0.39, 0.29) is 5.41 Å². The first-order valence-corrected chi connectivity index (χ1v) is 12.4. The molecule has 0 aromatic heterocycles. The molecule has 0 saturated carbocycles. The Morgan fingerprint density at radius 1 is 0.400 bits per heavy atom. The third kappa shape index (κ3) is 6.48. The van der Waals surface area contributed by atoms with Crippen molar-refractivity contribution >= 4 is 0 Å². The number of ether oxygens (including phenoxy) is 2. The average molecular weight is 471 g/mol. The third-order valence-electron chi connectivity index (χ3n) is 5.37. The second kappa shape index (κ2) is 16.4. The molecule has 0 aliphatic heterocycles. The Labute approximate surface area is 213 Å². The van der Waals surface area contributed by atoms with E-state index in [1.807, 2.05) is 27.7 Å². The molecule has 0 amide bonds. The molecule has 0 spiro atoms. The Balaban J connectivity index is 0.000000540. The molecule has 1 aliphatic carbocycles. The zero-order valence-electron chi connectivity index (χ0n) is 22.7. The fourth-order valence-electron chi connectivity index (χ4n) is 4.40. The summed E-state index contributed by atoms with van der Waals surface area (Å²) in [5.41, 5.74) is 7.80. The summed E-state index contributed by atoms with van der Waals surface area (Å²) in [4.78, 5) is 0. The van der Waals surface area contributed by atoms with Crippen LogP contribution in [0.25, 0.3) is 11.1 Å². The van der Waals surface area contributed by atoms with Gasteiger partial charge in [-0.2, -0.15) is 0 Å². The van der Waals surface area contributed by atoms with Crippen molar-refractivity contribution in [1.82, 2.24) is 0 Å². The molecule has 2 heteroatoms. The maximum absolute atomic E-state index is 4.25. The smallest absolute Gasteiger partial charge is 0.0713 e. The molecule has 0 atom stereocenters. The molecule has 186 valence electrons. The Hall–Kier alpha value is -3.20. The molecular weight excluding hydrogens is 428 g/mol.